The minimum atomic E-state index is -0.252. The lowest BCUT2D eigenvalue weighted by molar-refractivity contribution is -0.128. The van der Waals surface area contributed by atoms with Crippen molar-refractivity contribution in [2.24, 2.45) is 0 Å². The SMILES string of the molecule is CCN1C(=O)N(C2CC2)C(=O)C1C. The van der Waals surface area contributed by atoms with E-state index in [0.29, 0.717) is 6.54 Å². The Morgan fingerprint density at radius 2 is 2.00 bits per heavy atom. The molecule has 0 N–H and O–H groups in total. The quantitative estimate of drug-likeness (QED) is 0.593. The van der Waals surface area contributed by atoms with Crippen LogP contribution in [0, 0.1) is 0 Å². The molecular weight excluding hydrogens is 168 g/mol. The van der Waals surface area contributed by atoms with E-state index < -0.39 is 0 Å². The summed E-state index contributed by atoms with van der Waals surface area (Å²) < 4.78 is 0. The number of hydrogen-bond donors (Lipinski definition) is 0. The molecule has 1 aliphatic carbocycles. The summed E-state index contributed by atoms with van der Waals surface area (Å²) in [6.45, 7) is 4.32. The topological polar surface area (TPSA) is 40.6 Å². The van der Waals surface area contributed by atoms with E-state index in [1.807, 2.05) is 6.92 Å². The van der Waals surface area contributed by atoms with Crippen molar-refractivity contribution in [2.75, 3.05) is 6.54 Å². The first kappa shape index (κ1) is 8.53. The molecule has 0 aromatic rings. The summed E-state index contributed by atoms with van der Waals surface area (Å²) >= 11 is 0. The van der Waals surface area contributed by atoms with Crippen LogP contribution in [0.5, 0.6) is 0 Å². The van der Waals surface area contributed by atoms with E-state index >= 15 is 0 Å². The second-order valence-corrected chi connectivity index (χ2v) is 3.68. The molecule has 4 heteroatoms. The Labute approximate surface area is 77.5 Å². The van der Waals surface area contributed by atoms with Gasteiger partial charge in [-0.15, -0.1) is 0 Å². The number of nitrogens with zero attached hydrogens (tertiary/aromatic N) is 2. The molecule has 2 aliphatic rings. The first-order chi connectivity index (χ1) is 6.16. The van der Waals surface area contributed by atoms with E-state index in [9.17, 15) is 9.59 Å². The lowest BCUT2D eigenvalue weighted by Gasteiger charge is -2.16. The Morgan fingerprint density at radius 3 is 2.38 bits per heavy atom. The molecule has 2 fully saturated rings. The number of rotatable bonds is 2. The first-order valence-electron chi connectivity index (χ1n) is 4.80. The number of carbonyl (C=O) groups is 2. The van der Waals surface area contributed by atoms with Crippen molar-refractivity contribution in [2.45, 2.75) is 38.8 Å². The Morgan fingerprint density at radius 1 is 1.38 bits per heavy atom. The largest absolute Gasteiger partial charge is 0.327 e. The highest BCUT2D eigenvalue weighted by Gasteiger charge is 2.48. The summed E-state index contributed by atoms with van der Waals surface area (Å²) in [5, 5.41) is 0. The molecule has 1 saturated carbocycles. The van der Waals surface area contributed by atoms with Crippen molar-refractivity contribution in [3.8, 4) is 0 Å². The van der Waals surface area contributed by atoms with Crippen LogP contribution in [0.4, 0.5) is 4.79 Å². The molecule has 1 saturated heterocycles. The van der Waals surface area contributed by atoms with Crippen molar-refractivity contribution in [1.82, 2.24) is 9.80 Å². The Bertz CT molecular complexity index is 260. The third-order valence-electron chi connectivity index (χ3n) is 2.77. The van der Waals surface area contributed by atoms with Gasteiger partial charge in [0.2, 0.25) is 0 Å². The summed E-state index contributed by atoms with van der Waals surface area (Å²) in [6, 6.07) is -0.139. The predicted molar refractivity (Wildman–Crippen MR) is 47.1 cm³/mol. The zero-order chi connectivity index (χ0) is 9.59. The third-order valence-corrected chi connectivity index (χ3v) is 2.77. The van der Waals surface area contributed by atoms with Crippen molar-refractivity contribution in [3.05, 3.63) is 0 Å². The van der Waals surface area contributed by atoms with Crippen LogP contribution in [-0.2, 0) is 4.79 Å². The van der Waals surface area contributed by atoms with Crippen LogP contribution in [0.15, 0.2) is 0 Å². The lowest BCUT2D eigenvalue weighted by Crippen LogP contribution is -2.34. The average molecular weight is 182 g/mol. The molecule has 0 radical (unpaired) electrons. The third kappa shape index (κ3) is 1.12. The van der Waals surface area contributed by atoms with Gasteiger partial charge in [-0.05, 0) is 26.7 Å². The molecule has 2 rings (SSSR count). The minimum Gasteiger partial charge on any atom is -0.313 e. The Kier molecular flexibility index (Phi) is 1.78. The van der Waals surface area contributed by atoms with Crippen LogP contribution >= 0.6 is 0 Å². The molecule has 0 aromatic heterocycles. The number of amides is 3. The normalized spacial score (nSPS) is 28.9. The highest BCUT2D eigenvalue weighted by atomic mass is 16.2. The van der Waals surface area contributed by atoms with Crippen LogP contribution in [0.25, 0.3) is 0 Å². The number of likely N-dealkylation sites (N-methyl/N-ethyl adjacent to an activating group) is 1. The van der Waals surface area contributed by atoms with Crippen LogP contribution in [-0.4, -0.2) is 40.4 Å². The molecule has 0 bridgehead atoms. The molecular formula is C9H14N2O2. The number of hydrogen-bond acceptors (Lipinski definition) is 2. The molecule has 1 heterocycles. The maximum Gasteiger partial charge on any atom is 0.327 e. The fourth-order valence-electron chi connectivity index (χ4n) is 1.81. The summed E-state index contributed by atoms with van der Waals surface area (Å²) in [7, 11) is 0. The van der Waals surface area contributed by atoms with Crippen LogP contribution < -0.4 is 0 Å². The van der Waals surface area contributed by atoms with Gasteiger partial charge in [0.15, 0.2) is 0 Å². The first-order valence-corrected chi connectivity index (χ1v) is 4.80. The smallest absolute Gasteiger partial charge is 0.313 e. The maximum atomic E-state index is 11.7. The summed E-state index contributed by atoms with van der Waals surface area (Å²) in [4.78, 5) is 26.4. The standard InChI is InChI=1S/C9H14N2O2/c1-3-10-6(2)8(12)11(9(10)13)7-4-5-7/h6-7H,3-5H2,1-2H3. The van der Waals surface area contributed by atoms with Crippen molar-refractivity contribution >= 4 is 11.9 Å². The summed E-state index contributed by atoms with van der Waals surface area (Å²) in [5.74, 6) is -0.0191. The van der Waals surface area contributed by atoms with Gasteiger partial charge in [0.1, 0.15) is 6.04 Å². The molecule has 1 aliphatic heterocycles. The molecule has 1 atom stereocenters. The second kappa shape index (κ2) is 2.72. The zero-order valence-corrected chi connectivity index (χ0v) is 7.99. The van der Waals surface area contributed by atoms with E-state index in [4.69, 9.17) is 0 Å². The van der Waals surface area contributed by atoms with Gasteiger partial charge < -0.3 is 4.90 Å². The highest BCUT2D eigenvalue weighted by Crippen LogP contribution is 2.32. The maximum absolute atomic E-state index is 11.7. The molecule has 72 valence electrons. The van der Waals surface area contributed by atoms with Crippen LogP contribution in [0.2, 0.25) is 0 Å². The predicted octanol–water partition coefficient (Wildman–Crippen LogP) is 0.821. The Balaban J connectivity index is 2.21. The van der Waals surface area contributed by atoms with Gasteiger partial charge in [0.05, 0.1) is 0 Å². The molecule has 1 unspecified atom stereocenters. The minimum absolute atomic E-state index is 0.0191. The summed E-state index contributed by atoms with van der Waals surface area (Å²) in [6.07, 6.45) is 1.98. The van der Waals surface area contributed by atoms with E-state index in [0.717, 1.165) is 12.8 Å². The second-order valence-electron chi connectivity index (χ2n) is 3.68. The van der Waals surface area contributed by atoms with Crippen molar-refractivity contribution in [1.29, 1.82) is 0 Å². The van der Waals surface area contributed by atoms with Gasteiger partial charge in [-0.2, -0.15) is 0 Å². The van der Waals surface area contributed by atoms with E-state index in [2.05, 4.69) is 0 Å². The number of imide groups is 1. The Hall–Kier alpha value is -1.06. The molecule has 13 heavy (non-hydrogen) atoms. The van der Waals surface area contributed by atoms with Crippen LogP contribution in [0.1, 0.15) is 26.7 Å². The van der Waals surface area contributed by atoms with Gasteiger partial charge >= 0.3 is 6.03 Å². The van der Waals surface area contributed by atoms with Gasteiger partial charge in [-0.25, -0.2) is 4.79 Å². The lowest BCUT2D eigenvalue weighted by atomic mass is 10.3. The highest BCUT2D eigenvalue weighted by molar-refractivity contribution is 6.04. The molecule has 0 aromatic carbocycles. The van der Waals surface area contributed by atoms with E-state index in [1.54, 1.807) is 11.8 Å². The summed E-state index contributed by atoms with van der Waals surface area (Å²) in [5.41, 5.74) is 0. The van der Waals surface area contributed by atoms with Gasteiger partial charge in [0.25, 0.3) is 5.91 Å². The van der Waals surface area contributed by atoms with E-state index in [1.165, 1.54) is 4.90 Å². The van der Waals surface area contributed by atoms with Crippen LogP contribution in [0.3, 0.4) is 0 Å². The number of urea groups is 1. The van der Waals surface area contributed by atoms with Crippen molar-refractivity contribution < 1.29 is 9.59 Å². The molecule has 4 nitrogen and oxygen atoms in total. The van der Waals surface area contributed by atoms with E-state index in [-0.39, 0.29) is 24.0 Å². The monoisotopic (exact) mass is 182 g/mol. The zero-order valence-electron chi connectivity index (χ0n) is 7.99. The molecule has 3 amide bonds. The number of carbonyl (C=O) groups excluding carboxylic acids is 2. The average Bonchev–Trinajstić information content (AvgIpc) is 2.86. The van der Waals surface area contributed by atoms with Gasteiger partial charge in [-0.1, -0.05) is 0 Å². The van der Waals surface area contributed by atoms with Crippen molar-refractivity contribution in [3.63, 3.8) is 0 Å². The molecule has 0 spiro atoms. The van der Waals surface area contributed by atoms with Gasteiger partial charge in [0, 0.05) is 12.6 Å². The van der Waals surface area contributed by atoms with Gasteiger partial charge in [-0.3, -0.25) is 9.69 Å². The fourth-order valence-corrected chi connectivity index (χ4v) is 1.81. The fraction of sp³-hybridized carbons (Fsp3) is 0.778.